The van der Waals surface area contributed by atoms with Gasteiger partial charge in [-0.05, 0) is 33.6 Å². The van der Waals surface area contributed by atoms with Gasteiger partial charge in [-0.25, -0.2) is 0 Å². The summed E-state index contributed by atoms with van der Waals surface area (Å²) >= 11 is 3.38. The van der Waals surface area contributed by atoms with Gasteiger partial charge in [-0.3, -0.25) is 4.90 Å². The van der Waals surface area contributed by atoms with E-state index in [0.29, 0.717) is 6.61 Å². The molecule has 1 aliphatic rings. The first kappa shape index (κ1) is 12.8. The molecule has 1 aliphatic heterocycles. The molecular weight excluding hydrogens is 284 g/mol. The van der Waals surface area contributed by atoms with E-state index in [1.165, 1.54) is 5.56 Å². The molecule has 0 amide bonds. The van der Waals surface area contributed by atoms with Crippen molar-refractivity contribution in [2.24, 2.45) is 0 Å². The summed E-state index contributed by atoms with van der Waals surface area (Å²) < 4.78 is 6.34. The van der Waals surface area contributed by atoms with Gasteiger partial charge in [0.05, 0.1) is 19.3 Å². The first-order chi connectivity index (χ1) is 8.19. The van der Waals surface area contributed by atoms with Crippen LogP contribution in [-0.4, -0.2) is 42.4 Å². The highest BCUT2D eigenvalue weighted by atomic mass is 79.9. The summed E-state index contributed by atoms with van der Waals surface area (Å²) in [5, 5.41) is 9.08. The lowest BCUT2D eigenvalue weighted by molar-refractivity contribution is -0.0550. The Labute approximate surface area is 109 Å². The predicted octanol–water partition coefficient (Wildman–Crippen LogP) is 1.22. The molecule has 0 saturated carbocycles. The maximum atomic E-state index is 9.08. The summed E-state index contributed by atoms with van der Waals surface area (Å²) in [5.41, 5.74) is 7.79. The third-order valence-corrected chi connectivity index (χ3v) is 3.62. The number of nitrogens with zero attached hydrogens (tertiary/aromatic N) is 1. The number of aliphatic hydroxyl groups is 1. The van der Waals surface area contributed by atoms with Crippen LogP contribution in [0, 0.1) is 0 Å². The van der Waals surface area contributed by atoms with Crippen LogP contribution in [0.15, 0.2) is 22.7 Å². The molecule has 0 spiro atoms. The lowest BCUT2D eigenvalue weighted by Gasteiger charge is -2.32. The van der Waals surface area contributed by atoms with E-state index < -0.39 is 0 Å². The summed E-state index contributed by atoms with van der Waals surface area (Å²) in [5.74, 6) is 0. The first-order valence-corrected chi connectivity index (χ1v) is 6.47. The number of nitrogens with two attached hydrogens (primary N) is 1. The molecule has 0 aromatic heterocycles. The quantitative estimate of drug-likeness (QED) is 0.824. The maximum absolute atomic E-state index is 9.08. The zero-order valence-electron chi connectivity index (χ0n) is 9.60. The summed E-state index contributed by atoms with van der Waals surface area (Å²) in [6.45, 7) is 3.27. The molecule has 1 saturated heterocycles. The topological polar surface area (TPSA) is 58.7 Å². The second kappa shape index (κ2) is 5.82. The SMILES string of the molecule is Nc1cc(CN2CCOC(CO)C2)ccc1Br. The normalized spacial score (nSPS) is 21.6. The predicted molar refractivity (Wildman–Crippen MR) is 70.7 cm³/mol. The van der Waals surface area contributed by atoms with Crippen LogP contribution in [0.4, 0.5) is 5.69 Å². The van der Waals surface area contributed by atoms with Gasteiger partial charge in [0.2, 0.25) is 0 Å². The average molecular weight is 301 g/mol. The van der Waals surface area contributed by atoms with Gasteiger partial charge >= 0.3 is 0 Å². The van der Waals surface area contributed by atoms with Crippen LogP contribution in [0.3, 0.4) is 0 Å². The maximum Gasteiger partial charge on any atom is 0.0933 e. The molecule has 1 unspecified atom stereocenters. The van der Waals surface area contributed by atoms with Gasteiger partial charge in [0.1, 0.15) is 0 Å². The van der Waals surface area contributed by atoms with E-state index in [4.69, 9.17) is 15.6 Å². The Morgan fingerprint density at radius 1 is 1.53 bits per heavy atom. The molecule has 3 N–H and O–H groups in total. The minimum atomic E-state index is -0.0588. The highest BCUT2D eigenvalue weighted by molar-refractivity contribution is 9.10. The van der Waals surface area contributed by atoms with Crippen molar-refractivity contribution >= 4 is 21.6 Å². The van der Waals surface area contributed by atoms with Crippen molar-refractivity contribution in [3.8, 4) is 0 Å². The molecule has 1 aromatic rings. The highest BCUT2D eigenvalue weighted by Gasteiger charge is 2.19. The molecule has 1 aromatic carbocycles. The van der Waals surface area contributed by atoms with Gasteiger partial charge in [0.15, 0.2) is 0 Å². The van der Waals surface area contributed by atoms with Crippen LogP contribution in [0.25, 0.3) is 0 Å². The fourth-order valence-corrected chi connectivity index (χ4v) is 2.23. The van der Waals surface area contributed by atoms with Crippen molar-refractivity contribution in [2.75, 3.05) is 32.0 Å². The Balaban J connectivity index is 1.97. The van der Waals surface area contributed by atoms with Gasteiger partial charge in [0, 0.05) is 29.8 Å². The molecule has 1 fully saturated rings. The van der Waals surface area contributed by atoms with Gasteiger partial charge in [-0.1, -0.05) is 6.07 Å². The van der Waals surface area contributed by atoms with Crippen LogP contribution in [0.2, 0.25) is 0 Å². The third-order valence-electron chi connectivity index (χ3n) is 2.89. The van der Waals surface area contributed by atoms with Gasteiger partial charge in [-0.15, -0.1) is 0 Å². The fourth-order valence-electron chi connectivity index (χ4n) is 1.98. The summed E-state index contributed by atoms with van der Waals surface area (Å²) in [7, 11) is 0. The van der Waals surface area contributed by atoms with E-state index in [0.717, 1.165) is 29.8 Å². The molecule has 0 aliphatic carbocycles. The zero-order valence-corrected chi connectivity index (χ0v) is 11.2. The number of rotatable bonds is 3. The van der Waals surface area contributed by atoms with Crippen molar-refractivity contribution in [3.05, 3.63) is 28.2 Å². The molecule has 94 valence electrons. The number of aliphatic hydroxyl groups excluding tert-OH is 1. The zero-order chi connectivity index (χ0) is 12.3. The van der Waals surface area contributed by atoms with Crippen LogP contribution >= 0.6 is 15.9 Å². The van der Waals surface area contributed by atoms with E-state index in [1.807, 2.05) is 12.1 Å². The highest BCUT2D eigenvalue weighted by Crippen LogP contribution is 2.21. The molecule has 5 heteroatoms. The first-order valence-electron chi connectivity index (χ1n) is 5.68. The van der Waals surface area contributed by atoms with E-state index in [2.05, 4.69) is 26.9 Å². The van der Waals surface area contributed by atoms with Gasteiger partial charge in [-0.2, -0.15) is 0 Å². The Bertz CT molecular complexity index is 387. The molecule has 0 bridgehead atoms. The molecular formula is C12H17BrN2O2. The fraction of sp³-hybridized carbons (Fsp3) is 0.500. The van der Waals surface area contributed by atoms with Crippen LogP contribution < -0.4 is 5.73 Å². The number of anilines is 1. The summed E-state index contributed by atoms with van der Waals surface area (Å²) in [6.07, 6.45) is -0.0588. The van der Waals surface area contributed by atoms with Gasteiger partial charge < -0.3 is 15.6 Å². The number of halogens is 1. The molecule has 4 nitrogen and oxygen atoms in total. The van der Waals surface area contributed by atoms with E-state index in [-0.39, 0.29) is 12.7 Å². The van der Waals surface area contributed by atoms with Crippen molar-refractivity contribution in [1.82, 2.24) is 4.90 Å². The molecule has 1 atom stereocenters. The summed E-state index contributed by atoms with van der Waals surface area (Å²) in [6, 6.07) is 6.01. The van der Waals surface area contributed by atoms with Crippen molar-refractivity contribution in [2.45, 2.75) is 12.6 Å². The number of nitrogen functional groups attached to an aromatic ring is 1. The smallest absolute Gasteiger partial charge is 0.0933 e. The number of hydrogen-bond donors (Lipinski definition) is 2. The number of benzene rings is 1. The number of ether oxygens (including phenoxy) is 1. The minimum Gasteiger partial charge on any atom is -0.398 e. The third kappa shape index (κ3) is 3.42. The average Bonchev–Trinajstić information content (AvgIpc) is 2.34. The standard InChI is InChI=1S/C12H17BrN2O2/c13-11-2-1-9(5-12(11)14)6-15-3-4-17-10(7-15)8-16/h1-2,5,10,16H,3-4,6-8,14H2. The Kier molecular flexibility index (Phi) is 4.39. The number of morpholine rings is 1. The van der Waals surface area contributed by atoms with Crippen molar-refractivity contribution < 1.29 is 9.84 Å². The second-order valence-corrected chi connectivity index (χ2v) is 5.12. The van der Waals surface area contributed by atoms with Crippen LogP contribution in [-0.2, 0) is 11.3 Å². The lowest BCUT2D eigenvalue weighted by atomic mass is 10.1. The van der Waals surface area contributed by atoms with Crippen molar-refractivity contribution in [1.29, 1.82) is 0 Å². The number of hydrogen-bond acceptors (Lipinski definition) is 4. The molecule has 0 radical (unpaired) electrons. The van der Waals surface area contributed by atoms with E-state index >= 15 is 0 Å². The van der Waals surface area contributed by atoms with Gasteiger partial charge in [0.25, 0.3) is 0 Å². The van der Waals surface area contributed by atoms with E-state index in [9.17, 15) is 0 Å². The molecule has 1 heterocycles. The Morgan fingerprint density at radius 3 is 3.06 bits per heavy atom. The molecule has 17 heavy (non-hydrogen) atoms. The Hall–Kier alpha value is -0.620. The van der Waals surface area contributed by atoms with Crippen LogP contribution in [0.1, 0.15) is 5.56 Å². The summed E-state index contributed by atoms with van der Waals surface area (Å²) in [4.78, 5) is 2.27. The monoisotopic (exact) mass is 300 g/mol. The van der Waals surface area contributed by atoms with E-state index in [1.54, 1.807) is 0 Å². The van der Waals surface area contributed by atoms with Crippen molar-refractivity contribution in [3.63, 3.8) is 0 Å². The second-order valence-electron chi connectivity index (χ2n) is 4.27. The van der Waals surface area contributed by atoms with Crippen LogP contribution in [0.5, 0.6) is 0 Å². The molecule has 2 rings (SSSR count). The minimum absolute atomic E-state index is 0.0588. The Morgan fingerprint density at radius 2 is 2.35 bits per heavy atom. The lowest BCUT2D eigenvalue weighted by Crippen LogP contribution is -2.43. The largest absolute Gasteiger partial charge is 0.398 e.